The number of methoxy groups -OCH3 is 1. The van der Waals surface area contributed by atoms with E-state index in [4.69, 9.17) is 9.15 Å². The third-order valence-electron chi connectivity index (χ3n) is 4.87. The van der Waals surface area contributed by atoms with Crippen molar-refractivity contribution in [3.05, 3.63) is 46.9 Å². The summed E-state index contributed by atoms with van der Waals surface area (Å²) in [6, 6.07) is 8.96. The number of aryl methyl sites for hydroxylation is 1. The van der Waals surface area contributed by atoms with Crippen molar-refractivity contribution in [1.82, 2.24) is 4.57 Å². The van der Waals surface area contributed by atoms with Crippen molar-refractivity contribution in [3.8, 4) is 5.75 Å². The van der Waals surface area contributed by atoms with Crippen molar-refractivity contribution >= 4 is 38.4 Å². The van der Waals surface area contributed by atoms with Crippen LogP contribution in [-0.2, 0) is 21.9 Å². The topological polar surface area (TPSA) is 111 Å². The molecule has 10 heteroatoms. The van der Waals surface area contributed by atoms with Crippen molar-refractivity contribution in [3.63, 3.8) is 0 Å². The lowest BCUT2D eigenvalue weighted by atomic mass is 10.2. The number of ether oxygens (including phenoxy) is 1. The van der Waals surface area contributed by atoms with Crippen LogP contribution in [0.1, 0.15) is 12.8 Å². The van der Waals surface area contributed by atoms with Crippen molar-refractivity contribution in [2.45, 2.75) is 17.7 Å². The molecule has 0 aliphatic carbocycles. The first-order chi connectivity index (χ1) is 13.8. The summed E-state index contributed by atoms with van der Waals surface area (Å²) < 4.78 is 39.8. The minimum absolute atomic E-state index is 0.00860. The third-order valence-corrected chi connectivity index (χ3v) is 6.25. The Labute approximate surface area is 166 Å². The fourth-order valence-corrected chi connectivity index (χ4v) is 4.43. The first kappa shape index (κ1) is 19.1. The highest BCUT2D eigenvalue weighted by Gasteiger charge is 2.25. The van der Waals surface area contributed by atoms with Gasteiger partial charge in [-0.3, -0.25) is 14.1 Å². The number of carbonyl (C=O) groups is 1. The summed E-state index contributed by atoms with van der Waals surface area (Å²) in [5, 5.41) is 0. The molecule has 1 N–H and O–H groups in total. The van der Waals surface area contributed by atoms with Crippen LogP contribution in [0, 0.1) is 0 Å². The van der Waals surface area contributed by atoms with Gasteiger partial charge >= 0.3 is 5.76 Å². The molecule has 0 saturated carbocycles. The van der Waals surface area contributed by atoms with Crippen molar-refractivity contribution in [2.24, 2.45) is 7.05 Å². The van der Waals surface area contributed by atoms with Gasteiger partial charge in [0.2, 0.25) is 5.91 Å². The summed E-state index contributed by atoms with van der Waals surface area (Å²) >= 11 is 0. The highest BCUT2D eigenvalue weighted by molar-refractivity contribution is 7.92. The summed E-state index contributed by atoms with van der Waals surface area (Å²) in [6.07, 6.45) is 1.25. The number of hydrogen-bond acceptors (Lipinski definition) is 6. The third kappa shape index (κ3) is 3.35. The zero-order valence-corrected chi connectivity index (χ0v) is 16.7. The van der Waals surface area contributed by atoms with Crippen LogP contribution in [-0.4, -0.2) is 32.5 Å². The number of sulfonamides is 1. The number of oxazole rings is 1. The number of hydrogen-bond donors (Lipinski definition) is 1. The highest BCUT2D eigenvalue weighted by Crippen LogP contribution is 2.34. The minimum atomic E-state index is -3.93. The second kappa shape index (κ2) is 6.96. The van der Waals surface area contributed by atoms with Crippen LogP contribution in [0.5, 0.6) is 5.75 Å². The molecular formula is C19H19N3O6S. The van der Waals surface area contributed by atoms with Crippen LogP contribution >= 0.6 is 0 Å². The Morgan fingerprint density at radius 1 is 1.14 bits per heavy atom. The molecule has 3 aromatic rings. The molecule has 1 fully saturated rings. The monoisotopic (exact) mass is 417 g/mol. The van der Waals surface area contributed by atoms with Gasteiger partial charge in [-0.2, -0.15) is 0 Å². The molecule has 1 aliphatic heterocycles. The van der Waals surface area contributed by atoms with Crippen LogP contribution in [0.4, 0.5) is 11.4 Å². The molecular weight excluding hydrogens is 398 g/mol. The molecule has 2 heterocycles. The van der Waals surface area contributed by atoms with E-state index in [1.807, 2.05) is 0 Å². The van der Waals surface area contributed by atoms with Crippen LogP contribution < -0.4 is 20.1 Å². The van der Waals surface area contributed by atoms with E-state index in [0.29, 0.717) is 29.9 Å². The molecule has 4 rings (SSSR count). The Balaban J connectivity index is 1.65. The maximum atomic E-state index is 12.8. The zero-order chi connectivity index (χ0) is 20.8. The van der Waals surface area contributed by atoms with Gasteiger partial charge in [0.1, 0.15) is 5.75 Å². The maximum absolute atomic E-state index is 12.8. The van der Waals surface area contributed by atoms with E-state index in [0.717, 1.165) is 6.42 Å². The number of benzene rings is 2. The van der Waals surface area contributed by atoms with Gasteiger partial charge < -0.3 is 14.1 Å². The first-order valence-corrected chi connectivity index (χ1v) is 10.4. The smallest absolute Gasteiger partial charge is 0.419 e. The number of nitrogens with one attached hydrogen (secondary N) is 1. The van der Waals surface area contributed by atoms with E-state index in [1.54, 1.807) is 24.1 Å². The van der Waals surface area contributed by atoms with Crippen molar-refractivity contribution < 1.29 is 22.4 Å². The molecule has 0 spiro atoms. The molecule has 1 saturated heterocycles. The summed E-state index contributed by atoms with van der Waals surface area (Å²) in [4.78, 5) is 25.2. The average molecular weight is 417 g/mol. The number of aromatic nitrogens is 1. The summed E-state index contributed by atoms with van der Waals surface area (Å²) in [7, 11) is -0.931. The summed E-state index contributed by atoms with van der Waals surface area (Å²) in [5.74, 6) is -0.168. The average Bonchev–Trinajstić information content (AvgIpc) is 3.24. The predicted molar refractivity (Wildman–Crippen MR) is 107 cm³/mol. The van der Waals surface area contributed by atoms with E-state index in [-0.39, 0.29) is 22.1 Å². The molecule has 1 aliphatic rings. The van der Waals surface area contributed by atoms with E-state index in [1.165, 1.54) is 35.9 Å². The van der Waals surface area contributed by atoms with Gasteiger partial charge in [-0.15, -0.1) is 0 Å². The Morgan fingerprint density at radius 3 is 2.62 bits per heavy atom. The Bertz CT molecular complexity index is 1270. The number of carbonyl (C=O) groups excluding carboxylic acids is 1. The van der Waals surface area contributed by atoms with E-state index >= 15 is 0 Å². The zero-order valence-electron chi connectivity index (χ0n) is 15.8. The fourth-order valence-electron chi connectivity index (χ4n) is 3.36. The van der Waals surface area contributed by atoms with Crippen LogP contribution in [0.2, 0.25) is 0 Å². The second-order valence-corrected chi connectivity index (χ2v) is 8.38. The highest BCUT2D eigenvalue weighted by atomic mass is 32.2. The van der Waals surface area contributed by atoms with E-state index in [9.17, 15) is 18.0 Å². The molecule has 2 aromatic carbocycles. The van der Waals surface area contributed by atoms with Gasteiger partial charge in [-0.25, -0.2) is 13.2 Å². The number of rotatable bonds is 5. The van der Waals surface area contributed by atoms with Crippen LogP contribution in [0.3, 0.4) is 0 Å². The molecule has 9 nitrogen and oxygen atoms in total. The van der Waals surface area contributed by atoms with Gasteiger partial charge in [0.05, 0.1) is 28.9 Å². The Morgan fingerprint density at radius 2 is 1.93 bits per heavy atom. The normalized spacial score (nSPS) is 14.6. The number of fused-ring (bicyclic) bond motifs is 1. The molecule has 0 unspecified atom stereocenters. The van der Waals surface area contributed by atoms with E-state index < -0.39 is 15.8 Å². The fraction of sp³-hybridized carbons (Fsp3) is 0.263. The predicted octanol–water partition coefficient (Wildman–Crippen LogP) is 2.07. The molecule has 0 bridgehead atoms. The van der Waals surface area contributed by atoms with Gasteiger partial charge in [0.25, 0.3) is 10.0 Å². The van der Waals surface area contributed by atoms with Crippen LogP contribution in [0.25, 0.3) is 11.1 Å². The number of amides is 1. The van der Waals surface area contributed by atoms with Crippen molar-refractivity contribution in [1.29, 1.82) is 0 Å². The van der Waals surface area contributed by atoms with Crippen LogP contribution in [0.15, 0.2) is 50.5 Å². The minimum Gasteiger partial charge on any atom is -0.494 e. The lowest BCUT2D eigenvalue weighted by Gasteiger charge is -2.20. The first-order valence-electron chi connectivity index (χ1n) is 8.91. The van der Waals surface area contributed by atoms with Gasteiger partial charge in [0.15, 0.2) is 5.58 Å². The molecule has 1 amide bonds. The molecule has 1 aromatic heterocycles. The van der Waals surface area contributed by atoms with Gasteiger partial charge in [-0.05, 0) is 30.7 Å². The lowest BCUT2D eigenvalue weighted by molar-refractivity contribution is -0.117. The maximum Gasteiger partial charge on any atom is 0.419 e. The van der Waals surface area contributed by atoms with Gasteiger partial charge in [-0.1, -0.05) is 0 Å². The quantitative estimate of drug-likeness (QED) is 0.680. The number of nitrogens with zero attached hydrogens (tertiary/aromatic N) is 2. The lowest BCUT2D eigenvalue weighted by Crippen LogP contribution is -2.24. The Kier molecular flexibility index (Phi) is 4.58. The second-order valence-electron chi connectivity index (χ2n) is 6.70. The Hall–Kier alpha value is -3.27. The van der Waals surface area contributed by atoms with E-state index in [2.05, 4.69) is 4.72 Å². The molecule has 0 radical (unpaired) electrons. The SMILES string of the molecule is COc1cc(NS(=O)(=O)c2ccc3c(c2)oc(=O)n3C)ccc1N1CCCC1=O. The van der Waals surface area contributed by atoms with Gasteiger partial charge in [0, 0.05) is 32.1 Å². The molecule has 29 heavy (non-hydrogen) atoms. The molecule has 152 valence electrons. The molecule has 0 atom stereocenters. The summed E-state index contributed by atoms with van der Waals surface area (Å²) in [5.41, 5.74) is 1.56. The summed E-state index contributed by atoms with van der Waals surface area (Å²) in [6.45, 7) is 0.600. The van der Waals surface area contributed by atoms with Crippen molar-refractivity contribution in [2.75, 3.05) is 23.3 Å². The number of anilines is 2. The largest absolute Gasteiger partial charge is 0.494 e. The standard InChI is InChI=1S/C19H19N3O6S/c1-21-14-8-6-13(11-17(14)28-19(21)24)29(25,26)20-12-5-7-15(16(10-12)27-2)22-9-3-4-18(22)23/h5-8,10-11,20H,3-4,9H2,1-2H3.